The fraction of sp³-hybridized carbons (Fsp3) is 0.263. The maximum absolute atomic E-state index is 12.3. The van der Waals surface area contributed by atoms with Gasteiger partial charge in [-0.3, -0.25) is 9.78 Å². The standard InChI is InChI=1S/C19H19BrN2O/c20-17-9-7-16(8-10-17)19(15-4-1-5-15)22-18(23)11-6-14-3-2-12-21-13-14/h2-3,6-13,15,19H,1,4-5H2,(H,22,23)/b11-6+. The average Bonchev–Trinajstić information content (AvgIpc) is 2.52. The van der Waals surface area contributed by atoms with Crippen LogP contribution in [0.3, 0.4) is 0 Å². The van der Waals surface area contributed by atoms with Crippen molar-refractivity contribution in [2.24, 2.45) is 5.92 Å². The summed E-state index contributed by atoms with van der Waals surface area (Å²) in [4.78, 5) is 16.3. The van der Waals surface area contributed by atoms with Gasteiger partial charge in [0, 0.05) is 22.9 Å². The highest BCUT2D eigenvalue weighted by molar-refractivity contribution is 9.10. The third-order valence-corrected chi connectivity index (χ3v) is 4.79. The zero-order chi connectivity index (χ0) is 16.1. The number of hydrogen-bond acceptors (Lipinski definition) is 2. The average molecular weight is 371 g/mol. The van der Waals surface area contributed by atoms with E-state index in [4.69, 9.17) is 0 Å². The largest absolute Gasteiger partial charge is 0.345 e. The van der Waals surface area contributed by atoms with Gasteiger partial charge in [-0.15, -0.1) is 0 Å². The Morgan fingerprint density at radius 1 is 1.26 bits per heavy atom. The first kappa shape index (κ1) is 15.9. The summed E-state index contributed by atoms with van der Waals surface area (Å²) in [7, 11) is 0. The number of carbonyl (C=O) groups excluding carboxylic acids is 1. The lowest BCUT2D eigenvalue weighted by atomic mass is 9.77. The monoisotopic (exact) mass is 370 g/mol. The Kier molecular flexibility index (Phi) is 5.23. The number of carbonyl (C=O) groups is 1. The van der Waals surface area contributed by atoms with E-state index in [0.29, 0.717) is 5.92 Å². The van der Waals surface area contributed by atoms with Crippen LogP contribution >= 0.6 is 15.9 Å². The van der Waals surface area contributed by atoms with Crippen molar-refractivity contribution in [3.05, 3.63) is 70.5 Å². The number of nitrogens with zero attached hydrogens (tertiary/aromatic N) is 1. The molecule has 1 heterocycles. The summed E-state index contributed by atoms with van der Waals surface area (Å²) in [6.45, 7) is 0. The first-order chi connectivity index (χ1) is 11.2. The van der Waals surface area contributed by atoms with Crippen LogP contribution in [0.1, 0.15) is 36.4 Å². The molecule has 0 spiro atoms. The highest BCUT2D eigenvalue weighted by Gasteiger charge is 2.29. The Morgan fingerprint density at radius 2 is 2.04 bits per heavy atom. The molecule has 0 aliphatic heterocycles. The van der Waals surface area contributed by atoms with Crippen LogP contribution in [0.15, 0.2) is 59.3 Å². The first-order valence-electron chi connectivity index (χ1n) is 7.86. The molecule has 1 atom stereocenters. The molecule has 3 nitrogen and oxygen atoms in total. The van der Waals surface area contributed by atoms with E-state index in [-0.39, 0.29) is 11.9 Å². The van der Waals surface area contributed by atoms with E-state index >= 15 is 0 Å². The van der Waals surface area contributed by atoms with Gasteiger partial charge in [0.1, 0.15) is 0 Å². The Hall–Kier alpha value is -1.94. The molecule has 118 valence electrons. The Morgan fingerprint density at radius 3 is 2.65 bits per heavy atom. The Balaban J connectivity index is 1.69. The van der Waals surface area contributed by atoms with Crippen molar-refractivity contribution >= 4 is 27.9 Å². The minimum Gasteiger partial charge on any atom is -0.345 e. The third kappa shape index (κ3) is 4.29. The summed E-state index contributed by atoms with van der Waals surface area (Å²) in [5.41, 5.74) is 2.09. The highest BCUT2D eigenvalue weighted by atomic mass is 79.9. The lowest BCUT2D eigenvalue weighted by molar-refractivity contribution is -0.117. The molecule has 1 amide bonds. The maximum atomic E-state index is 12.3. The van der Waals surface area contributed by atoms with Gasteiger partial charge in [-0.25, -0.2) is 0 Å². The maximum Gasteiger partial charge on any atom is 0.244 e. The van der Waals surface area contributed by atoms with E-state index < -0.39 is 0 Å². The van der Waals surface area contributed by atoms with E-state index in [9.17, 15) is 4.79 Å². The number of hydrogen-bond donors (Lipinski definition) is 1. The van der Waals surface area contributed by atoms with Gasteiger partial charge in [-0.05, 0) is 54.2 Å². The molecular weight excluding hydrogens is 352 g/mol. The van der Waals surface area contributed by atoms with Crippen molar-refractivity contribution in [1.29, 1.82) is 0 Å². The molecule has 0 bridgehead atoms. The van der Waals surface area contributed by atoms with E-state index in [1.165, 1.54) is 24.8 Å². The van der Waals surface area contributed by atoms with Gasteiger partial charge in [-0.1, -0.05) is 40.5 Å². The quantitative estimate of drug-likeness (QED) is 0.786. The number of benzene rings is 1. The molecule has 1 fully saturated rings. The lowest BCUT2D eigenvalue weighted by Crippen LogP contribution is -2.35. The van der Waals surface area contributed by atoms with Gasteiger partial charge in [0.05, 0.1) is 6.04 Å². The summed E-state index contributed by atoms with van der Waals surface area (Å²) in [5, 5.41) is 3.16. The molecule has 0 saturated heterocycles. The van der Waals surface area contributed by atoms with Gasteiger partial charge in [0.25, 0.3) is 0 Å². The summed E-state index contributed by atoms with van der Waals surface area (Å²) < 4.78 is 1.05. The molecule has 4 heteroatoms. The van der Waals surface area contributed by atoms with Crippen molar-refractivity contribution in [2.75, 3.05) is 0 Å². The van der Waals surface area contributed by atoms with Crippen LogP contribution in [0, 0.1) is 5.92 Å². The zero-order valence-electron chi connectivity index (χ0n) is 12.8. The second kappa shape index (κ2) is 7.55. The molecule has 1 aliphatic carbocycles. The van der Waals surface area contributed by atoms with E-state index in [1.54, 1.807) is 24.5 Å². The van der Waals surface area contributed by atoms with Crippen LogP contribution < -0.4 is 5.32 Å². The Labute approximate surface area is 145 Å². The van der Waals surface area contributed by atoms with Crippen LogP contribution in [0.2, 0.25) is 0 Å². The SMILES string of the molecule is O=C(/C=C/c1cccnc1)NC(c1ccc(Br)cc1)C1CCC1. The van der Waals surface area contributed by atoms with Gasteiger partial charge in [0.2, 0.25) is 5.91 Å². The first-order valence-corrected chi connectivity index (χ1v) is 8.66. The van der Waals surface area contributed by atoms with Crippen molar-refractivity contribution < 1.29 is 4.79 Å². The van der Waals surface area contributed by atoms with Crippen LogP contribution in [0.5, 0.6) is 0 Å². The van der Waals surface area contributed by atoms with Crippen molar-refractivity contribution in [3.8, 4) is 0 Å². The van der Waals surface area contributed by atoms with Gasteiger partial charge < -0.3 is 5.32 Å². The molecular formula is C19H19BrN2O. The fourth-order valence-corrected chi connectivity index (χ4v) is 3.03. The minimum absolute atomic E-state index is 0.0614. The van der Waals surface area contributed by atoms with Crippen LogP contribution in [-0.2, 0) is 4.79 Å². The predicted molar refractivity (Wildman–Crippen MR) is 95.6 cm³/mol. The number of halogens is 1. The van der Waals surface area contributed by atoms with Crippen molar-refractivity contribution in [3.63, 3.8) is 0 Å². The second-order valence-corrected chi connectivity index (χ2v) is 6.76. The molecule has 0 radical (unpaired) electrons. The normalized spacial score (nSPS) is 16.0. The van der Waals surface area contributed by atoms with Gasteiger partial charge in [0.15, 0.2) is 0 Å². The number of rotatable bonds is 5. The third-order valence-electron chi connectivity index (χ3n) is 4.26. The molecule has 2 aromatic rings. The topological polar surface area (TPSA) is 42.0 Å². The van der Waals surface area contributed by atoms with Crippen LogP contribution in [0.25, 0.3) is 6.08 Å². The van der Waals surface area contributed by atoms with Gasteiger partial charge >= 0.3 is 0 Å². The second-order valence-electron chi connectivity index (χ2n) is 5.85. The molecule has 1 aliphatic rings. The smallest absolute Gasteiger partial charge is 0.244 e. The highest BCUT2D eigenvalue weighted by Crippen LogP contribution is 2.38. The summed E-state index contributed by atoms with van der Waals surface area (Å²) in [6, 6.07) is 12.1. The molecule has 3 rings (SSSR count). The zero-order valence-corrected chi connectivity index (χ0v) is 14.4. The molecule has 1 aromatic heterocycles. The summed E-state index contributed by atoms with van der Waals surface area (Å²) in [5.74, 6) is 0.473. The lowest BCUT2D eigenvalue weighted by Gasteiger charge is -2.34. The van der Waals surface area contributed by atoms with Crippen molar-refractivity contribution in [1.82, 2.24) is 10.3 Å². The minimum atomic E-state index is -0.0614. The molecule has 1 aromatic carbocycles. The number of nitrogens with one attached hydrogen (secondary N) is 1. The van der Waals surface area contributed by atoms with Crippen LogP contribution in [-0.4, -0.2) is 10.9 Å². The number of aromatic nitrogens is 1. The number of pyridine rings is 1. The van der Waals surface area contributed by atoms with E-state index in [2.05, 4.69) is 38.4 Å². The van der Waals surface area contributed by atoms with Crippen LogP contribution in [0.4, 0.5) is 0 Å². The molecule has 1 unspecified atom stereocenters. The van der Waals surface area contributed by atoms with Gasteiger partial charge in [-0.2, -0.15) is 0 Å². The van der Waals surface area contributed by atoms with E-state index in [0.717, 1.165) is 10.0 Å². The van der Waals surface area contributed by atoms with Crippen molar-refractivity contribution in [2.45, 2.75) is 25.3 Å². The fourth-order valence-electron chi connectivity index (χ4n) is 2.76. The summed E-state index contributed by atoms with van der Waals surface area (Å²) >= 11 is 3.46. The Bertz CT molecular complexity index is 678. The molecule has 23 heavy (non-hydrogen) atoms. The summed E-state index contributed by atoms with van der Waals surface area (Å²) in [6.07, 6.45) is 10.4. The molecule has 1 saturated carbocycles. The van der Waals surface area contributed by atoms with E-state index in [1.807, 2.05) is 24.3 Å². The molecule has 1 N–H and O–H groups in total. The predicted octanol–water partition coefficient (Wildman–Crippen LogP) is 4.51. The number of amides is 1.